The molecule has 0 fully saturated rings. The molecule has 0 saturated carbocycles. The maximum atomic E-state index is 5.41. The molecule has 0 aliphatic carbocycles. The van der Waals surface area contributed by atoms with Gasteiger partial charge in [-0.3, -0.25) is 0 Å². The number of rotatable bonds is 3. The zero-order valence-electron chi connectivity index (χ0n) is 7.54. The van der Waals surface area contributed by atoms with Crippen LogP contribution in [0.3, 0.4) is 0 Å². The van der Waals surface area contributed by atoms with Gasteiger partial charge in [-0.2, -0.15) is 0 Å². The Bertz CT molecular complexity index is 395. The third kappa shape index (κ3) is 1.91. The molecule has 2 aromatic rings. The van der Waals surface area contributed by atoms with Crippen LogP contribution < -0.4 is 5.73 Å². The second kappa shape index (κ2) is 3.93. The maximum absolute atomic E-state index is 5.41. The molecule has 72 valence electrons. The first-order chi connectivity index (χ1) is 6.88. The standard InChI is InChI=1S/C8H10N6/c9-4-7-5-14(13-12-7)6-8-10-2-1-3-11-8/h1-3,5H,4,6,9H2. The van der Waals surface area contributed by atoms with E-state index in [2.05, 4.69) is 20.3 Å². The normalized spacial score (nSPS) is 10.4. The lowest BCUT2D eigenvalue weighted by Gasteiger charge is -1.96. The van der Waals surface area contributed by atoms with E-state index in [1.165, 1.54) is 0 Å². The van der Waals surface area contributed by atoms with Gasteiger partial charge in [0.2, 0.25) is 0 Å². The van der Waals surface area contributed by atoms with Gasteiger partial charge in [-0.05, 0) is 6.07 Å². The van der Waals surface area contributed by atoms with E-state index in [1.54, 1.807) is 29.3 Å². The minimum Gasteiger partial charge on any atom is -0.325 e. The van der Waals surface area contributed by atoms with Crippen molar-refractivity contribution < 1.29 is 0 Å². The van der Waals surface area contributed by atoms with E-state index in [9.17, 15) is 0 Å². The Labute approximate surface area is 80.8 Å². The zero-order chi connectivity index (χ0) is 9.80. The molecule has 0 unspecified atom stereocenters. The fourth-order valence-electron chi connectivity index (χ4n) is 1.07. The summed E-state index contributed by atoms with van der Waals surface area (Å²) in [6, 6.07) is 1.77. The van der Waals surface area contributed by atoms with E-state index in [4.69, 9.17) is 5.73 Å². The van der Waals surface area contributed by atoms with Crippen LogP contribution in [-0.2, 0) is 13.1 Å². The summed E-state index contributed by atoms with van der Waals surface area (Å²) in [5.41, 5.74) is 6.17. The lowest BCUT2D eigenvalue weighted by atomic mass is 10.5. The van der Waals surface area contributed by atoms with Gasteiger partial charge < -0.3 is 5.73 Å². The molecule has 6 nitrogen and oxygen atoms in total. The van der Waals surface area contributed by atoms with Crippen molar-refractivity contribution in [3.8, 4) is 0 Å². The van der Waals surface area contributed by atoms with Crippen LogP contribution >= 0.6 is 0 Å². The number of nitrogens with two attached hydrogens (primary N) is 1. The molecule has 2 rings (SSSR count). The second-order valence-electron chi connectivity index (χ2n) is 2.78. The van der Waals surface area contributed by atoms with Gasteiger partial charge in [0, 0.05) is 18.9 Å². The topological polar surface area (TPSA) is 82.5 Å². The maximum Gasteiger partial charge on any atom is 0.149 e. The molecule has 14 heavy (non-hydrogen) atoms. The molecule has 0 amide bonds. The predicted octanol–water partition coefficient (Wildman–Crippen LogP) is -0.425. The number of hydrogen-bond donors (Lipinski definition) is 1. The van der Waals surface area contributed by atoms with Gasteiger partial charge in [0.15, 0.2) is 0 Å². The molecular weight excluding hydrogens is 180 g/mol. The first-order valence-electron chi connectivity index (χ1n) is 4.23. The van der Waals surface area contributed by atoms with E-state index >= 15 is 0 Å². The van der Waals surface area contributed by atoms with Crippen molar-refractivity contribution in [2.45, 2.75) is 13.1 Å². The largest absolute Gasteiger partial charge is 0.325 e. The van der Waals surface area contributed by atoms with E-state index in [0.717, 1.165) is 5.69 Å². The van der Waals surface area contributed by atoms with Gasteiger partial charge >= 0.3 is 0 Å². The Kier molecular flexibility index (Phi) is 2.46. The van der Waals surface area contributed by atoms with Gasteiger partial charge in [0.05, 0.1) is 11.9 Å². The molecule has 0 atom stereocenters. The van der Waals surface area contributed by atoms with Crippen molar-refractivity contribution in [2.24, 2.45) is 5.73 Å². The molecule has 2 heterocycles. The third-order valence-electron chi connectivity index (χ3n) is 1.72. The molecule has 0 spiro atoms. The highest BCUT2D eigenvalue weighted by atomic mass is 15.4. The number of hydrogen-bond acceptors (Lipinski definition) is 5. The van der Waals surface area contributed by atoms with Crippen LogP contribution in [0, 0.1) is 0 Å². The molecule has 0 bridgehead atoms. The van der Waals surface area contributed by atoms with E-state index < -0.39 is 0 Å². The highest BCUT2D eigenvalue weighted by molar-refractivity contribution is 4.94. The summed E-state index contributed by atoms with van der Waals surface area (Å²) < 4.78 is 1.66. The predicted molar refractivity (Wildman–Crippen MR) is 49.0 cm³/mol. The van der Waals surface area contributed by atoms with Crippen molar-refractivity contribution in [1.82, 2.24) is 25.0 Å². The molecule has 0 aliphatic heterocycles. The van der Waals surface area contributed by atoms with Crippen molar-refractivity contribution in [2.75, 3.05) is 0 Å². The lowest BCUT2D eigenvalue weighted by Crippen LogP contribution is -2.04. The van der Waals surface area contributed by atoms with Crippen LogP contribution in [0.25, 0.3) is 0 Å². The summed E-state index contributed by atoms with van der Waals surface area (Å²) in [7, 11) is 0. The summed E-state index contributed by atoms with van der Waals surface area (Å²) in [6.07, 6.45) is 5.18. The molecule has 0 saturated heterocycles. The van der Waals surface area contributed by atoms with Crippen LogP contribution in [0.4, 0.5) is 0 Å². The first-order valence-corrected chi connectivity index (χ1v) is 4.23. The molecule has 0 aromatic carbocycles. The van der Waals surface area contributed by atoms with Crippen molar-refractivity contribution >= 4 is 0 Å². The smallest absolute Gasteiger partial charge is 0.149 e. The fourth-order valence-corrected chi connectivity index (χ4v) is 1.07. The van der Waals surface area contributed by atoms with Crippen molar-refractivity contribution in [3.63, 3.8) is 0 Å². The highest BCUT2D eigenvalue weighted by Gasteiger charge is 2.00. The Morgan fingerprint density at radius 1 is 1.29 bits per heavy atom. The van der Waals surface area contributed by atoms with Crippen LogP contribution in [0.1, 0.15) is 11.5 Å². The van der Waals surface area contributed by atoms with Crippen molar-refractivity contribution in [1.29, 1.82) is 0 Å². The molecule has 2 N–H and O–H groups in total. The van der Waals surface area contributed by atoms with Gasteiger partial charge in [0.1, 0.15) is 12.4 Å². The zero-order valence-corrected chi connectivity index (χ0v) is 7.54. The number of nitrogens with zero attached hydrogens (tertiary/aromatic N) is 5. The lowest BCUT2D eigenvalue weighted by molar-refractivity contribution is 0.624. The Hall–Kier alpha value is -1.82. The minimum atomic E-state index is 0.398. The SMILES string of the molecule is NCc1cn(Cc2ncccn2)nn1. The molecule has 2 aromatic heterocycles. The second-order valence-corrected chi connectivity index (χ2v) is 2.78. The van der Waals surface area contributed by atoms with E-state index in [0.29, 0.717) is 18.9 Å². The fraction of sp³-hybridized carbons (Fsp3) is 0.250. The Morgan fingerprint density at radius 2 is 2.07 bits per heavy atom. The van der Waals surface area contributed by atoms with Gasteiger partial charge in [-0.1, -0.05) is 5.21 Å². The summed E-state index contributed by atoms with van der Waals surface area (Å²) in [6.45, 7) is 0.920. The average molecular weight is 190 g/mol. The molecule has 0 radical (unpaired) electrons. The van der Waals surface area contributed by atoms with Crippen LogP contribution in [0.5, 0.6) is 0 Å². The summed E-state index contributed by atoms with van der Waals surface area (Å²) in [5.74, 6) is 0.709. The quantitative estimate of drug-likeness (QED) is 0.710. The highest BCUT2D eigenvalue weighted by Crippen LogP contribution is 1.95. The van der Waals surface area contributed by atoms with Gasteiger partial charge in [-0.15, -0.1) is 5.10 Å². The third-order valence-corrected chi connectivity index (χ3v) is 1.72. The number of aromatic nitrogens is 5. The van der Waals surface area contributed by atoms with Gasteiger partial charge in [0.25, 0.3) is 0 Å². The van der Waals surface area contributed by atoms with E-state index in [-0.39, 0.29) is 0 Å². The summed E-state index contributed by atoms with van der Waals surface area (Å²) in [5, 5.41) is 7.75. The van der Waals surface area contributed by atoms with Crippen LogP contribution in [-0.4, -0.2) is 25.0 Å². The van der Waals surface area contributed by atoms with Crippen LogP contribution in [0.15, 0.2) is 24.7 Å². The average Bonchev–Trinajstić information content (AvgIpc) is 2.67. The Balaban J connectivity index is 2.11. The summed E-state index contributed by atoms with van der Waals surface area (Å²) >= 11 is 0. The first kappa shape index (κ1) is 8.76. The molecule has 0 aliphatic rings. The van der Waals surface area contributed by atoms with Gasteiger partial charge in [-0.25, -0.2) is 14.6 Å². The summed E-state index contributed by atoms with van der Waals surface area (Å²) in [4.78, 5) is 8.16. The molecular formula is C8H10N6. The Morgan fingerprint density at radius 3 is 2.71 bits per heavy atom. The van der Waals surface area contributed by atoms with Crippen LogP contribution in [0.2, 0.25) is 0 Å². The monoisotopic (exact) mass is 190 g/mol. The van der Waals surface area contributed by atoms with E-state index in [1.807, 2.05) is 0 Å². The van der Waals surface area contributed by atoms with Crippen molar-refractivity contribution in [3.05, 3.63) is 36.2 Å². The minimum absolute atomic E-state index is 0.398. The molecule has 6 heteroatoms.